The summed E-state index contributed by atoms with van der Waals surface area (Å²) in [6.45, 7) is 8.03. The van der Waals surface area contributed by atoms with Crippen LogP contribution in [-0.4, -0.2) is 64.5 Å². The molecule has 4 rings (SSSR count). The molecule has 0 spiro atoms. The van der Waals surface area contributed by atoms with Gasteiger partial charge in [0.15, 0.2) is 0 Å². The van der Waals surface area contributed by atoms with Crippen LogP contribution in [0.25, 0.3) is 0 Å². The van der Waals surface area contributed by atoms with Gasteiger partial charge in [-0.15, -0.1) is 0 Å². The molecule has 0 amide bonds. The number of piperazine rings is 1. The van der Waals surface area contributed by atoms with Crippen molar-refractivity contribution in [1.29, 1.82) is 0 Å². The van der Waals surface area contributed by atoms with Crippen LogP contribution in [0.15, 0.2) is 42.6 Å². The Labute approximate surface area is 242 Å². The Hall–Kier alpha value is -3.62. The molecule has 0 saturated carbocycles. The average Bonchev–Trinajstić information content (AvgIpc) is 2.90. The van der Waals surface area contributed by atoms with Crippen molar-refractivity contribution in [2.24, 2.45) is 5.92 Å². The molecule has 8 nitrogen and oxygen atoms in total. The van der Waals surface area contributed by atoms with Gasteiger partial charge >= 0.3 is 18.0 Å². The maximum absolute atomic E-state index is 14.4. The minimum Gasteiger partial charge on any atom is -0.354 e. The van der Waals surface area contributed by atoms with E-state index in [4.69, 9.17) is 11.6 Å². The average molecular weight is 621 g/mol. The van der Waals surface area contributed by atoms with Gasteiger partial charge in [0.05, 0.1) is 5.02 Å². The van der Waals surface area contributed by atoms with Crippen LogP contribution in [0.1, 0.15) is 26.3 Å². The molecular weight excluding hydrogens is 593 g/mol. The molecule has 1 aromatic carbocycles. The van der Waals surface area contributed by atoms with Crippen LogP contribution in [0.2, 0.25) is 5.02 Å². The Bertz CT molecular complexity index is 1350. The van der Waals surface area contributed by atoms with Crippen LogP contribution in [0.3, 0.4) is 0 Å². The minimum absolute atomic E-state index is 0.0143. The normalized spacial score (nSPS) is 16.6. The first-order valence-electron chi connectivity index (χ1n) is 12.9. The van der Waals surface area contributed by atoms with Gasteiger partial charge in [-0.3, -0.25) is 0 Å². The highest BCUT2D eigenvalue weighted by atomic mass is 35.5. The summed E-state index contributed by atoms with van der Waals surface area (Å²) >= 11 is 6.32. The summed E-state index contributed by atoms with van der Waals surface area (Å²) in [6, 6.07) is 6.02. The van der Waals surface area contributed by atoms with E-state index < -0.39 is 23.6 Å². The maximum atomic E-state index is 14.4. The zero-order valence-electron chi connectivity index (χ0n) is 22.7. The lowest BCUT2D eigenvalue weighted by Crippen LogP contribution is -2.53. The van der Waals surface area contributed by atoms with Crippen molar-refractivity contribution in [3.8, 4) is 0 Å². The predicted octanol–water partition coefficient (Wildman–Crippen LogP) is 6.74. The van der Waals surface area contributed by atoms with Crippen molar-refractivity contribution in [3.05, 3.63) is 53.2 Å². The van der Waals surface area contributed by atoms with Crippen molar-refractivity contribution in [1.82, 2.24) is 19.9 Å². The molecule has 3 aromatic rings. The summed E-state index contributed by atoms with van der Waals surface area (Å²) in [4.78, 5) is 21.6. The molecular formula is C26H28ClF7N8. The molecule has 42 heavy (non-hydrogen) atoms. The van der Waals surface area contributed by atoms with Gasteiger partial charge in [0.1, 0.15) is 5.82 Å². The number of anilines is 5. The standard InChI is InChI=1S/C26H28ClF7N8/c1-15(2)13-36-21-38-22(37-18-8-6-17(7-9-18)24(28,25(29,30)31)26(32,33)34)40-23(39-21)42-12-11-41(14-16(42)3)20-19(27)5-4-10-35-20/h4-10,15-16H,11-14H2,1-3H3,(H2,36,37,38,39,40)/t16-/m1/s1. The fourth-order valence-electron chi connectivity index (χ4n) is 4.38. The quantitative estimate of drug-likeness (QED) is 0.268. The predicted molar refractivity (Wildman–Crippen MR) is 146 cm³/mol. The lowest BCUT2D eigenvalue weighted by Gasteiger charge is -2.40. The Morgan fingerprint density at radius 2 is 1.57 bits per heavy atom. The fourth-order valence-corrected chi connectivity index (χ4v) is 4.62. The molecule has 1 aliphatic rings. The molecule has 1 aliphatic heterocycles. The first-order chi connectivity index (χ1) is 19.6. The van der Waals surface area contributed by atoms with E-state index in [2.05, 4.69) is 30.6 Å². The van der Waals surface area contributed by atoms with Gasteiger partial charge in [-0.2, -0.15) is 41.3 Å². The lowest BCUT2D eigenvalue weighted by atomic mass is 9.94. The number of nitrogens with zero attached hydrogens (tertiary/aromatic N) is 6. The first kappa shape index (κ1) is 31.3. The SMILES string of the molecule is CC(C)CNc1nc(Nc2ccc(C(F)(C(F)(F)F)C(F)(F)F)cc2)nc(N2CCN(c3ncccc3Cl)C[C@H]2C)n1. The van der Waals surface area contributed by atoms with Gasteiger partial charge in [-0.1, -0.05) is 37.6 Å². The molecule has 0 aliphatic carbocycles. The second-order valence-corrected chi connectivity index (χ2v) is 10.6. The number of benzene rings is 1. The van der Waals surface area contributed by atoms with Gasteiger partial charge in [-0.05, 0) is 37.1 Å². The summed E-state index contributed by atoms with van der Waals surface area (Å²) in [5.74, 6) is 1.39. The van der Waals surface area contributed by atoms with Crippen molar-refractivity contribution in [2.45, 2.75) is 44.8 Å². The third-order valence-corrected chi connectivity index (χ3v) is 6.83. The van der Waals surface area contributed by atoms with Crippen LogP contribution in [0, 0.1) is 5.92 Å². The number of aromatic nitrogens is 4. The molecule has 2 aromatic heterocycles. The van der Waals surface area contributed by atoms with Crippen LogP contribution in [0.5, 0.6) is 0 Å². The Kier molecular flexibility index (Phi) is 8.90. The van der Waals surface area contributed by atoms with Crippen LogP contribution in [0.4, 0.5) is 60.1 Å². The van der Waals surface area contributed by atoms with E-state index in [1.165, 1.54) is 0 Å². The van der Waals surface area contributed by atoms with E-state index in [9.17, 15) is 30.7 Å². The summed E-state index contributed by atoms with van der Waals surface area (Å²) < 4.78 is 93.2. The Morgan fingerprint density at radius 3 is 2.14 bits per heavy atom. The third-order valence-electron chi connectivity index (χ3n) is 6.54. The third kappa shape index (κ3) is 6.55. The van der Waals surface area contributed by atoms with E-state index in [1.54, 1.807) is 18.3 Å². The largest absolute Gasteiger partial charge is 0.435 e. The monoisotopic (exact) mass is 620 g/mol. The second kappa shape index (κ2) is 11.9. The van der Waals surface area contributed by atoms with E-state index in [1.807, 2.05) is 30.6 Å². The van der Waals surface area contributed by atoms with Crippen molar-refractivity contribution < 1.29 is 30.7 Å². The van der Waals surface area contributed by atoms with E-state index in [0.29, 0.717) is 55.1 Å². The van der Waals surface area contributed by atoms with Gasteiger partial charge in [0.25, 0.3) is 0 Å². The van der Waals surface area contributed by atoms with Gasteiger partial charge in [0, 0.05) is 49.7 Å². The summed E-state index contributed by atoms with van der Waals surface area (Å²) in [7, 11) is 0. The highest BCUT2D eigenvalue weighted by Gasteiger charge is 2.73. The Balaban J connectivity index is 1.59. The molecule has 0 radical (unpaired) electrons. The number of rotatable bonds is 8. The molecule has 3 heterocycles. The molecule has 1 fully saturated rings. The van der Waals surface area contributed by atoms with Crippen LogP contribution >= 0.6 is 11.6 Å². The zero-order chi connectivity index (χ0) is 30.9. The highest BCUT2D eigenvalue weighted by molar-refractivity contribution is 6.32. The Morgan fingerprint density at radius 1 is 0.929 bits per heavy atom. The van der Waals surface area contributed by atoms with Crippen LogP contribution in [-0.2, 0) is 5.67 Å². The van der Waals surface area contributed by atoms with E-state index in [0.717, 1.165) is 12.1 Å². The molecule has 228 valence electrons. The second-order valence-electron chi connectivity index (χ2n) is 10.2. The minimum atomic E-state index is -6.21. The fraction of sp³-hybridized carbons (Fsp3) is 0.462. The molecule has 2 N–H and O–H groups in total. The van der Waals surface area contributed by atoms with Crippen molar-refractivity contribution in [3.63, 3.8) is 0 Å². The summed E-state index contributed by atoms with van der Waals surface area (Å²) in [5.41, 5.74) is -7.08. The summed E-state index contributed by atoms with van der Waals surface area (Å²) in [6.07, 6.45) is -10.8. The summed E-state index contributed by atoms with van der Waals surface area (Å²) in [5, 5.41) is 6.40. The number of alkyl halides is 7. The number of hydrogen-bond acceptors (Lipinski definition) is 8. The molecule has 1 atom stereocenters. The molecule has 0 bridgehead atoms. The molecule has 16 heteroatoms. The first-order valence-corrected chi connectivity index (χ1v) is 13.3. The topological polar surface area (TPSA) is 82.1 Å². The lowest BCUT2D eigenvalue weighted by molar-refractivity contribution is -0.348. The zero-order valence-corrected chi connectivity index (χ0v) is 23.5. The van der Waals surface area contributed by atoms with Crippen LogP contribution < -0.4 is 20.4 Å². The van der Waals surface area contributed by atoms with Gasteiger partial charge < -0.3 is 20.4 Å². The van der Waals surface area contributed by atoms with Gasteiger partial charge in [0.2, 0.25) is 17.8 Å². The highest BCUT2D eigenvalue weighted by Crippen LogP contribution is 2.53. The molecule has 0 unspecified atom stereocenters. The number of nitrogens with one attached hydrogen (secondary N) is 2. The number of hydrogen-bond donors (Lipinski definition) is 2. The number of pyridine rings is 1. The number of halogens is 8. The molecule has 1 saturated heterocycles. The smallest absolute Gasteiger partial charge is 0.354 e. The van der Waals surface area contributed by atoms with E-state index >= 15 is 0 Å². The van der Waals surface area contributed by atoms with Crippen molar-refractivity contribution >= 4 is 41.0 Å². The maximum Gasteiger partial charge on any atom is 0.435 e. The van der Waals surface area contributed by atoms with Gasteiger partial charge in [-0.25, -0.2) is 9.37 Å². The van der Waals surface area contributed by atoms with E-state index in [-0.39, 0.29) is 29.5 Å². The van der Waals surface area contributed by atoms with Crippen molar-refractivity contribution in [2.75, 3.05) is 46.6 Å².